The van der Waals surface area contributed by atoms with Gasteiger partial charge in [-0.1, -0.05) is 20.8 Å². The average molecular weight is 187 g/mol. The van der Waals surface area contributed by atoms with Gasteiger partial charge in [0, 0.05) is 5.92 Å². The molecular formula is C8H13NO2S. The Kier molecular flexibility index (Phi) is 3.03. The SMILES string of the molecule is CCSc1c(C(C)C)o[nH]c1=O. The Morgan fingerprint density at radius 1 is 1.58 bits per heavy atom. The summed E-state index contributed by atoms with van der Waals surface area (Å²) in [7, 11) is 0. The molecule has 0 atom stereocenters. The van der Waals surface area contributed by atoms with E-state index in [-0.39, 0.29) is 11.5 Å². The zero-order valence-corrected chi connectivity index (χ0v) is 8.33. The number of rotatable bonds is 3. The third kappa shape index (κ3) is 1.75. The molecule has 1 rings (SSSR count). The van der Waals surface area contributed by atoms with Crippen molar-refractivity contribution < 1.29 is 4.52 Å². The van der Waals surface area contributed by atoms with Gasteiger partial charge in [0.1, 0.15) is 4.90 Å². The van der Waals surface area contributed by atoms with Crippen molar-refractivity contribution in [2.75, 3.05) is 5.75 Å². The van der Waals surface area contributed by atoms with Crippen molar-refractivity contribution in [2.45, 2.75) is 31.6 Å². The fraction of sp³-hybridized carbons (Fsp3) is 0.625. The van der Waals surface area contributed by atoms with E-state index in [4.69, 9.17) is 4.52 Å². The molecule has 4 heteroatoms. The van der Waals surface area contributed by atoms with E-state index in [1.165, 1.54) is 11.8 Å². The molecule has 0 fully saturated rings. The molecule has 0 radical (unpaired) electrons. The van der Waals surface area contributed by atoms with Gasteiger partial charge in [0.25, 0.3) is 5.56 Å². The minimum Gasteiger partial charge on any atom is -0.382 e. The van der Waals surface area contributed by atoms with Crippen LogP contribution in [0.2, 0.25) is 0 Å². The maximum absolute atomic E-state index is 11.2. The maximum Gasteiger partial charge on any atom is 0.293 e. The summed E-state index contributed by atoms with van der Waals surface area (Å²) in [6, 6.07) is 0. The van der Waals surface area contributed by atoms with Gasteiger partial charge in [-0.15, -0.1) is 11.8 Å². The summed E-state index contributed by atoms with van der Waals surface area (Å²) in [4.78, 5) is 11.9. The highest BCUT2D eigenvalue weighted by Gasteiger charge is 2.14. The summed E-state index contributed by atoms with van der Waals surface area (Å²) in [5.74, 6) is 1.92. The molecule has 0 aliphatic heterocycles. The van der Waals surface area contributed by atoms with E-state index in [2.05, 4.69) is 5.16 Å². The molecule has 1 heterocycles. The molecule has 12 heavy (non-hydrogen) atoms. The smallest absolute Gasteiger partial charge is 0.293 e. The van der Waals surface area contributed by atoms with Crippen LogP contribution in [0.15, 0.2) is 14.2 Å². The quantitative estimate of drug-likeness (QED) is 0.738. The molecule has 0 aliphatic rings. The molecule has 0 spiro atoms. The lowest BCUT2D eigenvalue weighted by Gasteiger charge is -2.00. The molecule has 0 saturated carbocycles. The van der Waals surface area contributed by atoms with Crippen LogP contribution < -0.4 is 5.56 Å². The highest BCUT2D eigenvalue weighted by atomic mass is 32.2. The molecule has 0 amide bonds. The second-order valence-electron chi connectivity index (χ2n) is 2.81. The molecule has 1 N–H and O–H groups in total. The number of hydrogen-bond donors (Lipinski definition) is 1. The van der Waals surface area contributed by atoms with Crippen LogP contribution in [0.5, 0.6) is 0 Å². The van der Waals surface area contributed by atoms with Crippen molar-refractivity contribution >= 4 is 11.8 Å². The number of H-pyrrole nitrogens is 1. The minimum absolute atomic E-state index is 0.106. The van der Waals surface area contributed by atoms with Crippen molar-refractivity contribution in [1.29, 1.82) is 0 Å². The van der Waals surface area contributed by atoms with Crippen molar-refractivity contribution in [2.24, 2.45) is 0 Å². The zero-order valence-electron chi connectivity index (χ0n) is 7.51. The topological polar surface area (TPSA) is 46.0 Å². The van der Waals surface area contributed by atoms with Crippen LogP contribution in [0.3, 0.4) is 0 Å². The van der Waals surface area contributed by atoms with E-state index in [9.17, 15) is 4.79 Å². The van der Waals surface area contributed by atoms with Gasteiger partial charge in [-0.2, -0.15) is 5.16 Å². The van der Waals surface area contributed by atoms with Crippen LogP contribution in [0, 0.1) is 0 Å². The minimum atomic E-state index is -0.106. The Bertz CT molecular complexity index is 300. The number of thioether (sulfide) groups is 1. The summed E-state index contributed by atoms with van der Waals surface area (Å²) in [6.45, 7) is 6.03. The van der Waals surface area contributed by atoms with Crippen molar-refractivity contribution in [3.8, 4) is 0 Å². The molecule has 68 valence electrons. The van der Waals surface area contributed by atoms with Crippen LogP contribution in [0.25, 0.3) is 0 Å². The zero-order chi connectivity index (χ0) is 9.14. The summed E-state index contributed by atoms with van der Waals surface area (Å²) in [5.41, 5.74) is -0.106. The third-order valence-electron chi connectivity index (χ3n) is 1.50. The normalized spacial score (nSPS) is 11.0. The van der Waals surface area contributed by atoms with Gasteiger partial charge >= 0.3 is 0 Å². The average Bonchev–Trinajstić information content (AvgIpc) is 2.34. The van der Waals surface area contributed by atoms with E-state index in [1.54, 1.807) is 0 Å². The first-order chi connectivity index (χ1) is 5.66. The lowest BCUT2D eigenvalue weighted by atomic mass is 10.2. The second-order valence-corrected chi connectivity index (χ2v) is 4.09. The van der Waals surface area contributed by atoms with Crippen molar-refractivity contribution in [3.05, 3.63) is 16.1 Å². The summed E-state index contributed by atoms with van der Waals surface area (Å²) in [5, 5.41) is 2.35. The standard InChI is InChI=1S/C8H13NO2S/c1-4-12-7-6(5(2)3)11-9-8(7)10/h5H,4H2,1-3H3,(H,9,10). The highest BCUT2D eigenvalue weighted by molar-refractivity contribution is 7.99. The second kappa shape index (κ2) is 3.85. The molecule has 0 aliphatic carbocycles. The fourth-order valence-corrected chi connectivity index (χ4v) is 1.85. The lowest BCUT2D eigenvalue weighted by molar-refractivity contribution is 0.364. The summed E-state index contributed by atoms with van der Waals surface area (Å²) in [6.07, 6.45) is 0. The monoisotopic (exact) mass is 187 g/mol. The van der Waals surface area contributed by atoms with Gasteiger partial charge in [0.2, 0.25) is 0 Å². The van der Waals surface area contributed by atoms with Crippen LogP contribution >= 0.6 is 11.8 Å². The maximum atomic E-state index is 11.2. The van der Waals surface area contributed by atoms with E-state index in [1.807, 2.05) is 20.8 Å². The van der Waals surface area contributed by atoms with Crippen LogP contribution in [-0.4, -0.2) is 10.9 Å². The lowest BCUT2D eigenvalue weighted by Crippen LogP contribution is -2.01. The molecule has 1 aromatic rings. The molecular weight excluding hydrogens is 174 g/mol. The molecule has 0 saturated heterocycles. The van der Waals surface area contributed by atoms with Crippen LogP contribution in [0.1, 0.15) is 32.4 Å². The molecule has 0 bridgehead atoms. The Morgan fingerprint density at radius 3 is 2.75 bits per heavy atom. The molecule has 1 aromatic heterocycles. The first-order valence-corrected chi connectivity index (χ1v) is 4.99. The predicted molar refractivity (Wildman–Crippen MR) is 49.8 cm³/mol. The Balaban J connectivity index is 3.04. The number of aromatic amines is 1. The van der Waals surface area contributed by atoms with Gasteiger partial charge < -0.3 is 4.52 Å². The van der Waals surface area contributed by atoms with Crippen molar-refractivity contribution in [1.82, 2.24) is 5.16 Å². The van der Waals surface area contributed by atoms with E-state index in [0.717, 1.165) is 16.4 Å². The predicted octanol–water partition coefficient (Wildman–Crippen LogP) is 2.20. The molecule has 3 nitrogen and oxygen atoms in total. The van der Waals surface area contributed by atoms with Gasteiger partial charge in [-0.25, -0.2) is 0 Å². The van der Waals surface area contributed by atoms with Gasteiger partial charge in [-0.3, -0.25) is 4.79 Å². The van der Waals surface area contributed by atoms with Crippen LogP contribution in [0.4, 0.5) is 0 Å². The summed E-state index contributed by atoms with van der Waals surface area (Å²) < 4.78 is 5.05. The Morgan fingerprint density at radius 2 is 2.25 bits per heavy atom. The van der Waals surface area contributed by atoms with E-state index >= 15 is 0 Å². The first-order valence-electron chi connectivity index (χ1n) is 4.01. The Hall–Kier alpha value is -0.640. The fourth-order valence-electron chi connectivity index (χ4n) is 0.967. The Labute approximate surface area is 75.5 Å². The number of hydrogen-bond acceptors (Lipinski definition) is 3. The summed E-state index contributed by atoms with van der Waals surface area (Å²) >= 11 is 1.53. The molecule has 0 unspecified atom stereocenters. The van der Waals surface area contributed by atoms with Gasteiger partial charge in [0.15, 0.2) is 5.76 Å². The van der Waals surface area contributed by atoms with Gasteiger partial charge in [0.05, 0.1) is 0 Å². The third-order valence-corrected chi connectivity index (χ3v) is 2.46. The largest absolute Gasteiger partial charge is 0.382 e. The van der Waals surface area contributed by atoms with Gasteiger partial charge in [-0.05, 0) is 5.75 Å². The van der Waals surface area contributed by atoms with Crippen molar-refractivity contribution in [3.63, 3.8) is 0 Å². The first kappa shape index (κ1) is 9.45. The van der Waals surface area contributed by atoms with E-state index in [0.29, 0.717) is 0 Å². The number of nitrogens with one attached hydrogen (secondary N) is 1. The highest BCUT2D eigenvalue weighted by Crippen LogP contribution is 2.24. The number of aromatic nitrogens is 1. The van der Waals surface area contributed by atoms with E-state index < -0.39 is 0 Å². The molecule has 0 aromatic carbocycles. The van der Waals surface area contributed by atoms with Crippen LogP contribution in [-0.2, 0) is 0 Å².